The predicted octanol–water partition coefficient (Wildman–Crippen LogP) is 2.05. The Kier molecular flexibility index (Phi) is 10.8. The minimum atomic E-state index is -0.851. The molecule has 1 unspecified atom stereocenters. The van der Waals surface area contributed by atoms with Crippen molar-refractivity contribution in [1.29, 1.82) is 0 Å². The summed E-state index contributed by atoms with van der Waals surface area (Å²) in [6.45, 7) is 8.96. The monoisotopic (exact) mass is 275 g/mol. The summed E-state index contributed by atoms with van der Waals surface area (Å²) in [4.78, 5) is 11.2. The topological polar surface area (TPSA) is 67.8 Å². The number of carbonyl (C=O) groups is 1. The second kappa shape index (κ2) is 11.2. The molecule has 0 aromatic carbocycles. The van der Waals surface area contributed by atoms with E-state index in [2.05, 4.69) is 12.2 Å². The molecule has 19 heavy (non-hydrogen) atoms. The Morgan fingerprint density at radius 1 is 1.11 bits per heavy atom. The van der Waals surface area contributed by atoms with Gasteiger partial charge in [0.25, 0.3) is 0 Å². The molecule has 5 heteroatoms. The van der Waals surface area contributed by atoms with Gasteiger partial charge in [-0.15, -0.1) is 0 Å². The van der Waals surface area contributed by atoms with Gasteiger partial charge in [0.05, 0.1) is 13.2 Å². The lowest BCUT2D eigenvalue weighted by Gasteiger charge is -2.25. The molecular formula is C14H29NO4. The lowest BCUT2D eigenvalue weighted by atomic mass is 9.96. The van der Waals surface area contributed by atoms with Crippen LogP contribution in [0.1, 0.15) is 46.5 Å². The van der Waals surface area contributed by atoms with Crippen LogP contribution in [0.3, 0.4) is 0 Å². The summed E-state index contributed by atoms with van der Waals surface area (Å²) in [6, 6.07) is 0. The molecule has 2 N–H and O–H groups in total. The quantitative estimate of drug-likeness (QED) is 0.504. The van der Waals surface area contributed by atoms with Gasteiger partial charge in [-0.25, -0.2) is 0 Å². The fourth-order valence-corrected chi connectivity index (χ4v) is 1.76. The van der Waals surface area contributed by atoms with Crippen molar-refractivity contribution in [3.8, 4) is 0 Å². The highest BCUT2D eigenvalue weighted by Gasteiger charge is 2.30. The number of likely N-dealkylation sites (N-methyl/N-ethyl adjacent to an activating group) is 1. The van der Waals surface area contributed by atoms with Crippen LogP contribution in [-0.4, -0.2) is 49.6 Å². The summed E-state index contributed by atoms with van der Waals surface area (Å²) in [7, 11) is 0. The third-order valence-corrected chi connectivity index (χ3v) is 3.02. The van der Waals surface area contributed by atoms with Crippen LogP contribution in [0.4, 0.5) is 0 Å². The normalized spacial score (nSPS) is 14.3. The molecule has 0 saturated carbocycles. The van der Waals surface area contributed by atoms with E-state index < -0.39 is 11.5 Å². The Bertz CT molecular complexity index is 235. The summed E-state index contributed by atoms with van der Waals surface area (Å²) in [5.41, 5.74) is -0.851. The molecule has 0 radical (unpaired) electrons. The van der Waals surface area contributed by atoms with Gasteiger partial charge >= 0.3 is 5.97 Å². The van der Waals surface area contributed by atoms with E-state index in [1.807, 2.05) is 6.92 Å². The predicted molar refractivity (Wildman–Crippen MR) is 75.5 cm³/mol. The maximum Gasteiger partial charge on any atom is 0.323 e. The van der Waals surface area contributed by atoms with E-state index in [4.69, 9.17) is 14.6 Å². The molecule has 0 rings (SSSR count). The first kappa shape index (κ1) is 18.4. The SMILES string of the molecule is CCCCOCCOCCCC(C)(NCC)C(=O)O. The maximum atomic E-state index is 11.2. The van der Waals surface area contributed by atoms with E-state index in [-0.39, 0.29) is 0 Å². The summed E-state index contributed by atoms with van der Waals surface area (Å²) in [5.74, 6) is -0.808. The van der Waals surface area contributed by atoms with Crippen molar-refractivity contribution in [2.45, 2.75) is 52.0 Å². The fraction of sp³-hybridized carbons (Fsp3) is 0.929. The smallest absolute Gasteiger partial charge is 0.323 e. The van der Waals surface area contributed by atoms with Crippen LogP contribution in [0, 0.1) is 0 Å². The fourth-order valence-electron chi connectivity index (χ4n) is 1.76. The number of ether oxygens (including phenoxy) is 2. The van der Waals surface area contributed by atoms with Gasteiger partial charge in [-0.3, -0.25) is 4.79 Å². The van der Waals surface area contributed by atoms with E-state index in [9.17, 15) is 4.79 Å². The number of unbranched alkanes of at least 4 members (excludes halogenated alkanes) is 1. The number of aliphatic carboxylic acids is 1. The zero-order valence-electron chi connectivity index (χ0n) is 12.5. The second-order valence-corrected chi connectivity index (χ2v) is 4.85. The second-order valence-electron chi connectivity index (χ2n) is 4.85. The van der Waals surface area contributed by atoms with E-state index in [0.29, 0.717) is 32.8 Å². The van der Waals surface area contributed by atoms with Crippen LogP contribution in [-0.2, 0) is 14.3 Å². The molecule has 0 saturated heterocycles. The van der Waals surface area contributed by atoms with Crippen LogP contribution in [0.2, 0.25) is 0 Å². The summed E-state index contributed by atoms with van der Waals surface area (Å²) >= 11 is 0. The van der Waals surface area contributed by atoms with Crippen molar-refractivity contribution < 1.29 is 19.4 Å². The van der Waals surface area contributed by atoms with Gasteiger partial charge in [0.15, 0.2) is 0 Å². The lowest BCUT2D eigenvalue weighted by molar-refractivity contribution is -0.144. The van der Waals surface area contributed by atoms with E-state index in [1.165, 1.54) is 0 Å². The molecule has 5 nitrogen and oxygen atoms in total. The molecule has 0 heterocycles. The molecule has 0 aliphatic heterocycles. The average molecular weight is 275 g/mol. The molecule has 0 aliphatic carbocycles. The maximum absolute atomic E-state index is 11.2. The summed E-state index contributed by atoms with van der Waals surface area (Å²) in [5, 5.41) is 12.2. The Labute approximate surface area is 116 Å². The first-order valence-electron chi connectivity index (χ1n) is 7.20. The molecule has 0 aromatic heterocycles. The first-order valence-corrected chi connectivity index (χ1v) is 7.20. The summed E-state index contributed by atoms with van der Waals surface area (Å²) < 4.78 is 10.8. The third-order valence-electron chi connectivity index (χ3n) is 3.02. The van der Waals surface area contributed by atoms with Crippen molar-refractivity contribution >= 4 is 5.97 Å². The highest BCUT2D eigenvalue weighted by molar-refractivity contribution is 5.78. The van der Waals surface area contributed by atoms with Crippen LogP contribution < -0.4 is 5.32 Å². The van der Waals surface area contributed by atoms with Crippen molar-refractivity contribution in [3.05, 3.63) is 0 Å². The molecule has 0 fully saturated rings. The van der Waals surface area contributed by atoms with E-state index >= 15 is 0 Å². The van der Waals surface area contributed by atoms with Gasteiger partial charge in [-0.2, -0.15) is 0 Å². The van der Waals surface area contributed by atoms with Crippen LogP contribution in [0.5, 0.6) is 0 Å². The van der Waals surface area contributed by atoms with Crippen molar-refractivity contribution in [2.24, 2.45) is 0 Å². The van der Waals surface area contributed by atoms with E-state index in [0.717, 1.165) is 25.9 Å². The van der Waals surface area contributed by atoms with Gasteiger partial charge in [0, 0.05) is 13.2 Å². The van der Waals surface area contributed by atoms with Crippen molar-refractivity contribution in [3.63, 3.8) is 0 Å². The molecule has 0 aromatic rings. The van der Waals surface area contributed by atoms with Crippen molar-refractivity contribution in [1.82, 2.24) is 5.32 Å². The molecule has 114 valence electrons. The minimum absolute atomic E-state index is 0.562. The van der Waals surface area contributed by atoms with Gasteiger partial charge in [-0.05, 0) is 32.7 Å². The Morgan fingerprint density at radius 2 is 1.68 bits per heavy atom. The largest absolute Gasteiger partial charge is 0.480 e. The van der Waals surface area contributed by atoms with Crippen molar-refractivity contribution in [2.75, 3.05) is 33.0 Å². The summed E-state index contributed by atoms with van der Waals surface area (Å²) in [6.07, 6.45) is 3.51. The Hall–Kier alpha value is -0.650. The highest BCUT2D eigenvalue weighted by atomic mass is 16.5. The number of rotatable bonds is 13. The molecular weight excluding hydrogens is 246 g/mol. The average Bonchev–Trinajstić information content (AvgIpc) is 2.37. The highest BCUT2D eigenvalue weighted by Crippen LogP contribution is 2.12. The Morgan fingerprint density at radius 3 is 2.16 bits per heavy atom. The number of nitrogens with one attached hydrogen (secondary N) is 1. The zero-order valence-corrected chi connectivity index (χ0v) is 12.5. The molecule has 0 spiro atoms. The standard InChI is InChI=1S/C14H29NO4/c1-4-6-9-18-11-12-19-10-7-8-14(3,13(16)17)15-5-2/h15H,4-12H2,1-3H3,(H,16,17). The van der Waals surface area contributed by atoms with Gasteiger partial charge in [0.1, 0.15) is 5.54 Å². The van der Waals surface area contributed by atoms with Gasteiger partial charge in [-0.1, -0.05) is 20.3 Å². The number of hydrogen-bond acceptors (Lipinski definition) is 4. The number of hydrogen-bond donors (Lipinski definition) is 2. The lowest BCUT2D eigenvalue weighted by Crippen LogP contribution is -2.49. The third kappa shape index (κ3) is 8.97. The zero-order chi connectivity index (χ0) is 14.6. The van der Waals surface area contributed by atoms with Crippen LogP contribution in [0.15, 0.2) is 0 Å². The molecule has 1 atom stereocenters. The molecule has 0 bridgehead atoms. The van der Waals surface area contributed by atoms with Crippen LogP contribution in [0.25, 0.3) is 0 Å². The van der Waals surface area contributed by atoms with Gasteiger partial charge < -0.3 is 19.9 Å². The minimum Gasteiger partial charge on any atom is -0.480 e. The molecule has 0 amide bonds. The number of carboxylic acid groups (broad SMARTS) is 1. The first-order chi connectivity index (χ1) is 9.06. The molecule has 0 aliphatic rings. The Balaban J connectivity index is 3.53. The van der Waals surface area contributed by atoms with E-state index in [1.54, 1.807) is 6.92 Å². The number of carboxylic acids is 1. The van der Waals surface area contributed by atoms with Gasteiger partial charge in [0.2, 0.25) is 0 Å². The van der Waals surface area contributed by atoms with Crippen LogP contribution >= 0.6 is 0 Å².